The summed E-state index contributed by atoms with van der Waals surface area (Å²) in [4.78, 5) is 33.9. The average Bonchev–Trinajstić information content (AvgIpc) is 3.41. The van der Waals surface area contributed by atoms with Crippen LogP contribution in [0.5, 0.6) is 5.75 Å². The number of nitrogens with one attached hydrogen (secondary N) is 2. The molecule has 41 heavy (non-hydrogen) atoms. The summed E-state index contributed by atoms with van der Waals surface area (Å²) >= 11 is 12.8. The first-order valence-electron chi connectivity index (χ1n) is 13.1. The standard InChI is InChI=1S/C32H27Cl2N3O4/c1-3-7-25(21-15-13-19(33)17-28(21)41-2)37-31(38)18-12-14-20(23(16-18)32(39)40)29-22(8-6-9-24(29)34)30-35-26-10-4-5-11-27(26)36-30/h4-6,8-17,25H,3,7H2,1-2H3,(H,35,36)(H,37,38)(H,39,40)/t25-/m0/s1. The number of carboxylic acids is 1. The topological polar surface area (TPSA) is 104 Å². The summed E-state index contributed by atoms with van der Waals surface area (Å²) in [6.07, 6.45) is 1.45. The van der Waals surface area contributed by atoms with Crippen molar-refractivity contribution < 1.29 is 19.4 Å². The summed E-state index contributed by atoms with van der Waals surface area (Å²) in [5.41, 5.74) is 4.08. The number of carboxylic acid groups (broad SMARTS) is 1. The van der Waals surface area contributed by atoms with Gasteiger partial charge in [0.05, 0.1) is 29.7 Å². The summed E-state index contributed by atoms with van der Waals surface area (Å²) in [7, 11) is 1.55. The average molecular weight is 588 g/mol. The molecule has 4 aromatic carbocycles. The van der Waals surface area contributed by atoms with Crippen molar-refractivity contribution >= 4 is 46.1 Å². The SMILES string of the molecule is CCC[C@H](NC(=O)c1ccc(-c2c(Cl)cccc2-c2nc3ccccc3[nH]2)c(C(=O)O)c1)c1ccc(Cl)cc1OC. The lowest BCUT2D eigenvalue weighted by Gasteiger charge is -2.21. The molecule has 0 aliphatic heterocycles. The van der Waals surface area contributed by atoms with Crippen LogP contribution in [-0.2, 0) is 0 Å². The van der Waals surface area contributed by atoms with Crippen LogP contribution in [-0.4, -0.2) is 34.1 Å². The number of fused-ring (bicyclic) bond motifs is 1. The highest BCUT2D eigenvalue weighted by Crippen LogP contribution is 2.39. The summed E-state index contributed by atoms with van der Waals surface area (Å²) < 4.78 is 5.50. The van der Waals surface area contributed by atoms with E-state index < -0.39 is 11.9 Å². The minimum absolute atomic E-state index is 0.0563. The smallest absolute Gasteiger partial charge is 0.336 e. The van der Waals surface area contributed by atoms with Crippen molar-refractivity contribution in [3.8, 4) is 28.3 Å². The molecule has 1 amide bonds. The fourth-order valence-corrected chi connectivity index (χ4v) is 5.40. The highest BCUT2D eigenvalue weighted by atomic mass is 35.5. The lowest BCUT2D eigenvalue weighted by Crippen LogP contribution is -2.29. The Labute approximate surface area is 247 Å². The van der Waals surface area contributed by atoms with Crippen molar-refractivity contribution in [2.75, 3.05) is 7.11 Å². The van der Waals surface area contributed by atoms with E-state index in [1.807, 2.05) is 43.3 Å². The summed E-state index contributed by atoms with van der Waals surface area (Å²) in [5, 5.41) is 14.1. The molecule has 5 rings (SSSR count). The van der Waals surface area contributed by atoms with E-state index in [4.69, 9.17) is 27.9 Å². The number of carbonyl (C=O) groups excluding carboxylic acids is 1. The highest BCUT2D eigenvalue weighted by molar-refractivity contribution is 6.34. The number of hydrogen-bond acceptors (Lipinski definition) is 4. The van der Waals surface area contributed by atoms with Crippen molar-refractivity contribution in [3.63, 3.8) is 0 Å². The van der Waals surface area contributed by atoms with Crippen LogP contribution in [0.4, 0.5) is 0 Å². The second-order valence-electron chi connectivity index (χ2n) is 9.53. The fraction of sp³-hybridized carbons (Fsp3) is 0.156. The van der Waals surface area contributed by atoms with E-state index in [-0.39, 0.29) is 17.2 Å². The Bertz CT molecular complexity index is 1730. The molecule has 3 N–H and O–H groups in total. The number of nitrogens with zero attached hydrogens (tertiary/aromatic N) is 1. The minimum atomic E-state index is -1.19. The number of amides is 1. The molecule has 1 aromatic heterocycles. The number of aromatic carboxylic acids is 1. The van der Waals surface area contributed by atoms with Crippen LogP contribution in [0.15, 0.2) is 78.9 Å². The van der Waals surface area contributed by atoms with Gasteiger partial charge in [0.2, 0.25) is 0 Å². The van der Waals surface area contributed by atoms with Crippen molar-refractivity contribution in [2.24, 2.45) is 0 Å². The van der Waals surface area contributed by atoms with Gasteiger partial charge in [-0.3, -0.25) is 4.79 Å². The van der Waals surface area contributed by atoms with E-state index in [1.165, 1.54) is 6.07 Å². The molecule has 0 aliphatic carbocycles. The maximum absolute atomic E-state index is 13.4. The number of aromatic nitrogens is 2. The normalized spacial score (nSPS) is 11.8. The molecule has 9 heteroatoms. The zero-order valence-electron chi connectivity index (χ0n) is 22.4. The molecule has 208 valence electrons. The molecule has 0 bridgehead atoms. The van der Waals surface area contributed by atoms with Crippen LogP contribution in [0.2, 0.25) is 10.0 Å². The van der Waals surface area contributed by atoms with Gasteiger partial charge in [-0.2, -0.15) is 0 Å². The fourth-order valence-electron chi connectivity index (χ4n) is 4.96. The molecule has 0 aliphatic rings. The predicted molar refractivity (Wildman–Crippen MR) is 162 cm³/mol. The molecule has 0 saturated heterocycles. The van der Waals surface area contributed by atoms with Gasteiger partial charge in [0.1, 0.15) is 11.6 Å². The second-order valence-corrected chi connectivity index (χ2v) is 10.4. The van der Waals surface area contributed by atoms with E-state index in [1.54, 1.807) is 43.5 Å². The highest BCUT2D eigenvalue weighted by Gasteiger charge is 2.24. The molecular weight excluding hydrogens is 561 g/mol. The largest absolute Gasteiger partial charge is 0.496 e. The lowest BCUT2D eigenvalue weighted by atomic mass is 9.93. The predicted octanol–water partition coefficient (Wildman–Crippen LogP) is 8.18. The third-order valence-corrected chi connectivity index (χ3v) is 7.44. The third-order valence-electron chi connectivity index (χ3n) is 6.89. The van der Waals surface area contributed by atoms with Crippen LogP contribution < -0.4 is 10.1 Å². The molecule has 0 saturated carbocycles. The molecule has 1 heterocycles. The van der Waals surface area contributed by atoms with Crippen molar-refractivity contribution in [3.05, 3.63) is 106 Å². The van der Waals surface area contributed by atoms with Gasteiger partial charge in [-0.15, -0.1) is 0 Å². The van der Waals surface area contributed by atoms with Crippen LogP contribution in [0, 0.1) is 0 Å². The lowest BCUT2D eigenvalue weighted by molar-refractivity contribution is 0.0697. The van der Waals surface area contributed by atoms with Gasteiger partial charge >= 0.3 is 5.97 Å². The third kappa shape index (κ3) is 5.78. The minimum Gasteiger partial charge on any atom is -0.496 e. The van der Waals surface area contributed by atoms with Gasteiger partial charge in [0, 0.05) is 32.3 Å². The van der Waals surface area contributed by atoms with Gasteiger partial charge < -0.3 is 20.1 Å². The summed E-state index contributed by atoms with van der Waals surface area (Å²) in [6, 6.07) is 22.4. The summed E-state index contributed by atoms with van der Waals surface area (Å²) in [6.45, 7) is 2.02. The monoisotopic (exact) mass is 587 g/mol. The number of H-pyrrole nitrogens is 1. The quantitative estimate of drug-likeness (QED) is 0.161. The van der Waals surface area contributed by atoms with Crippen LogP contribution in [0.1, 0.15) is 52.1 Å². The Balaban J connectivity index is 1.54. The number of para-hydroxylation sites is 2. The van der Waals surface area contributed by atoms with E-state index in [0.717, 1.165) is 23.0 Å². The van der Waals surface area contributed by atoms with Gasteiger partial charge in [-0.1, -0.05) is 72.9 Å². The molecular formula is C32H27Cl2N3O4. The Kier molecular flexibility index (Phi) is 8.28. The maximum Gasteiger partial charge on any atom is 0.336 e. The molecule has 5 aromatic rings. The first-order chi connectivity index (χ1) is 19.8. The number of hydrogen-bond donors (Lipinski definition) is 3. The Morgan fingerprint density at radius 3 is 2.54 bits per heavy atom. The first kappa shape index (κ1) is 28.2. The molecule has 1 atom stereocenters. The Morgan fingerprint density at radius 2 is 1.80 bits per heavy atom. The second kappa shape index (κ2) is 12.0. The number of benzene rings is 4. The summed E-state index contributed by atoms with van der Waals surface area (Å²) in [5.74, 6) is -0.475. The van der Waals surface area contributed by atoms with Gasteiger partial charge in [0.25, 0.3) is 5.91 Å². The maximum atomic E-state index is 13.4. The van der Waals surface area contributed by atoms with Crippen molar-refractivity contribution in [1.29, 1.82) is 0 Å². The number of carbonyl (C=O) groups is 2. The number of imidazole rings is 1. The number of ether oxygens (including phenoxy) is 1. The van der Waals surface area contributed by atoms with Crippen LogP contribution in [0.25, 0.3) is 33.5 Å². The first-order valence-corrected chi connectivity index (χ1v) is 13.8. The van der Waals surface area contributed by atoms with E-state index in [9.17, 15) is 14.7 Å². The van der Waals surface area contributed by atoms with Crippen LogP contribution in [0.3, 0.4) is 0 Å². The zero-order valence-corrected chi connectivity index (χ0v) is 23.9. The van der Waals surface area contributed by atoms with Crippen molar-refractivity contribution in [2.45, 2.75) is 25.8 Å². The molecule has 0 spiro atoms. The molecule has 0 unspecified atom stereocenters. The number of halogens is 2. The number of aromatic amines is 1. The zero-order chi connectivity index (χ0) is 29.1. The Morgan fingerprint density at radius 1 is 1.00 bits per heavy atom. The van der Waals surface area contributed by atoms with Crippen LogP contribution >= 0.6 is 23.2 Å². The van der Waals surface area contributed by atoms with Gasteiger partial charge in [-0.05, 0) is 54.4 Å². The van der Waals surface area contributed by atoms with E-state index in [0.29, 0.717) is 44.7 Å². The van der Waals surface area contributed by atoms with Gasteiger partial charge in [0.15, 0.2) is 0 Å². The molecule has 0 fully saturated rings. The van der Waals surface area contributed by atoms with E-state index in [2.05, 4.69) is 15.3 Å². The van der Waals surface area contributed by atoms with Gasteiger partial charge in [-0.25, -0.2) is 9.78 Å². The van der Waals surface area contributed by atoms with E-state index >= 15 is 0 Å². The van der Waals surface area contributed by atoms with Crippen molar-refractivity contribution in [1.82, 2.24) is 15.3 Å². The Hall–Kier alpha value is -4.33. The molecule has 7 nitrogen and oxygen atoms in total. The number of rotatable bonds is 9. The molecule has 0 radical (unpaired) electrons. The number of methoxy groups -OCH3 is 1.